The fourth-order valence-electron chi connectivity index (χ4n) is 8.20. The van der Waals surface area contributed by atoms with Gasteiger partial charge in [0, 0.05) is 21.7 Å². The number of carbonyl (C=O) groups excluding carboxylic acids is 3. The maximum absolute atomic E-state index is 14.0. The number of rotatable bonds is 6. The number of benzene rings is 3. The van der Waals surface area contributed by atoms with Crippen LogP contribution in [0.1, 0.15) is 28.3 Å². The molecule has 4 aromatic rings. The molecule has 2 bridgehead atoms. The predicted molar refractivity (Wildman–Crippen MR) is 169 cm³/mol. The molecule has 3 heterocycles. The minimum Gasteiger partial charge on any atom is -0.484 e. The largest absolute Gasteiger partial charge is 0.484 e. The summed E-state index contributed by atoms with van der Waals surface area (Å²) in [7, 11) is 0. The highest BCUT2D eigenvalue weighted by atomic mass is 32.2. The Morgan fingerprint density at radius 3 is 2.43 bits per heavy atom. The highest BCUT2D eigenvalue weighted by molar-refractivity contribution is 8.00. The molecule has 7 atom stereocenters. The van der Waals surface area contributed by atoms with Gasteiger partial charge in [-0.1, -0.05) is 53.8 Å². The maximum Gasteiger partial charge on any atom is 0.418 e. The van der Waals surface area contributed by atoms with Crippen LogP contribution in [-0.4, -0.2) is 34.6 Å². The summed E-state index contributed by atoms with van der Waals surface area (Å²) >= 11 is 2.59. The van der Waals surface area contributed by atoms with E-state index in [0.717, 1.165) is 32.7 Å². The summed E-state index contributed by atoms with van der Waals surface area (Å²) in [4.78, 5) is 57.3. The highest BCUT2D eigenvalue weighted by Crippen LogP contribution is 2.69. The molecule has 0 radical (unpaired) electrons. The number of hydrogen-bond donors (Lipinski definition) is 2. The van der Waals surface area contributed by atoms with Crippen LogP contribution < -0.4 is 19.8 Å². The summed E-state index contributed by atoms with van der Waals surface area (Å²) < 4.78 is 47.7. The Kier molecular flexibility index (Phi) is 7.10. The van der Waals surface area contributed by atoms with Gasteiger partial charge in [-0.3, -0.25) is 19.2 Å². The first-order valence-electron chi connectivity index (χ1n) is 15.1. The fraction of sp³-hybridized carbons (Fsp3) is 0.294. The van der Waals surface area contributed by atoms with Gasteiger partial charge in [-0.25, -0.2) is 4.90 Å². The van der Waals surface area contributed by atoms with Crippen molar-refractivity contribution in [2.75, 3.05) is 16.8 Å². The molecule has 3 fully saturated rings. The molecule has 47 heavy (non-hydrogen) atoms. The van der Waals surface area contributed by atoms with Crippen LogP contribution in [0.15, 0.2) is 88.7 Å². The number of fused-ring (bicyclic) bond motifs is 9. The lowest BCUT2D eigenvalue weighted by Gasteiger charge is -2.43. The first kappa shape index (κ1) is 30.0. The number of aromatic nitrogens is 1. The lowest BCUT2D eigenvalue weighted by atomic mass is 9.68. The van der Waals surface area contributed by atoms with Crippen LogP contribution in [0.3, 0.4) is 0 Å². The lowest BCUT2D eigenvalue weighted by molar-refractivity contribution is -0.137. The minimum absolute atomic E-state index is 0.139. The van der Waals surface area contributed by atoms with Crippen LogP contribution in [-0.2, 0) is 20.6 Å². The summed E-state index contributed by atoms with van der Waals surface area (Å²) in [5, 5.41) is 3.35. The molecule has 2 N–H and O–H groups in total. The van der Waals surface area contributed by atoms with E-state index in [9.17, 15) is 32.3 Å². The molecule has 1 saturated heterocycles. The van der Waals surface area contributed by atoms with E-state index in [1.807, 2.05) is 36.4 Å². The Morgan fingerprint density at radius 2 is 1.66 bits per heavy atom. The number of anilines is 2. The number of imide groups is 1. The number of ether oxygens (including phenoxy) is 1. The Hall–Kier alpha value is -4.36. The zero-order chi connectivity index (χ0) is 32.6. The Balaban J connectivity index is 1.11. The van der Waals surface area contributed by atoms with Gasteiger partial charge in [0.1, 0.15) is 5.75 Å². The molecular weight excluding hydrogens is 652 g/mol. The Morgan fingerprint density at radius 1 is 0.936 bits per heavy atom. The van der Waals surface area contributed by atoms with E-state index in [1.165, 1.54) is 30.0 Å². The molecular formula is C34H26F3N3O5S2. The summed E-state index contributed by atoms with van der Waals surface area (Å²) in [5.74, 6) is -3.55. The summed E-state index contributed by atoms with van der Waals surface area (Å²) in [6, 6.07) is 21.0. The average molecular weight is 678 g/mol. The molecule has 8 rings (SSSR count). The van der Waals surface area contributed by atoms with E-state index in [-0.39, 0.29) is 46.3 Å². The number of hydrogen-bond acceptors (Lipinski definition) is 7. The van der Waals surface area contributed by atoms with Gasteiger partial charge >= 0.3 is 11.0 Å². The van der Waals surface area contributed by atoms with Crippen LogP contribution in [0.4, 0.5) is 24.5 Å². The highest BCUT2D eigenvalue weighted by Gasteiger charge is 2.70. The second kappa shape index (κ2) is 11.1. The third-order valence-electron chi connectivity index (χ3n) is 9.82. The van der Waals surface area contributed by atoms with Gasteiger partial charge in [-0.2, -0.15) is 13.2 Å². The first-order valence-corrected chi connectivity index (χ1v) is 16.8. The number of thiazole rings is 1. The second-order valence-electron chi connectivity index (χ2n) is 12.3. The predicted octanol–water partition coefficient (Wildman–Crippen LogP) is 6.15. The Labute approximate surface area is 274 Å². The smallest absolute Gasteiger partial charge is 0.418 e. The zero-order valence-corrected chi connectivity index (χ0v) is 26.0. The Bertz CT molecular complexity index is 1980. The van der Waals surface area contributed by atoms with Gasteiger partial charge < -0.3 is 15.0 Å². The normalized spacial score (nSPS) is 27.4. The SMILES string of the molecule is O=C(COc1cccc([C@H]2c3sc(=O)[nH]c3SC3C2[C@H]2C[C@@H]3C3C(=O)N(c4ccccc4C(F)(F)F)C(=O)C32)c1)Nc1ccccc1. The molecule has 4 aliphatic rings. The van der Waals surface area contributed by atoms with Crippen LogP contribution in [0.25, 0.3) is 0 Å². The number of nitrogens with zero attached hydrogens (tertiary/aromatic N) is 1. The summed E-state index contributed by atoms with van der Waals surface area (Å²) in [6.45, 7) is -0.228. The van der Waals surface area contributed by atoms with E-state index in [0.29, 0.717) is 22.9 Å². The number of aromatic amines is 1. The number of thioether (sulfide) groups is 1. The summed E-state index contributed by atoms with van der Waals surface area (Å²) in [5.41, 5.74) is 0.0247. The summed E-state index contributed by atoms with van der Waals surface area (Å²) in [6.07, 6.45) is -4.15. The molecule has 2 saturated carbocycles. The maximum atomic E-state index is 14.0. The van der Waals surface area contributed by atoms with Crippen molar-refractivity contribution in [3.8, 4) is 5.75 Å². The van der Waals surface area contributed by atoms with Crippen molar-refractivity contribution in [3.63, 3.8) is 0 Å². The van der Waals surface area contributed by atoms with Crippen LogP contribution in [0.5, 0.6) is 5.75 Å². The van der Waals surface area contributed by atoms with Crippen molar-refractivity contribution in [1.82, 2.24) is 4.98 Å². The van der Waals surface area contributed by atoms with Crippen molar-refractivity contribution in [3.05, 3.63) is 105 Å². The first-order chi connectivity index (χ1) is 22.6. The number of halogens is 3. The van der Waals surface area contributed by atoms with Crippen LogP contribution in [0, 0.1) is 29.6 Å². The molecule has 8 nitrogen and oxygen atoms in total. The number of amides is 3. The van der Waals surface area contributed by atoms with Crippen LogP contribution in [0.2, 0.25) is 0 Å². The molecule has 1 aromatic heterocycles. The molecule has 240 valence electrons. The fourth-order valence-corrected chi connectivity index (χ4v) is 11.1. The van der Waals surface area contributed by atoms with Gasteiger partial charge in [-0.15, -0.1) is 11.8 Å². The third kappa shape index (κ3) is 4.89. The number of carbonyl (C=O) groups is 3. The minimum atomic E-state index is -4.74. The average Bonchev–Trinajstić information content (AvgIpc) is 3.79. The number of nitrogens with one attached hydrogen (secondary N) is 2. The number of alkyl halides is 3. The van der Waals surface area contributed by atoms with Crippen molar-refractivity contribution < 1.29 is 32.3 Å². The van der Waals surface area contributed by atoms with E-state index in [2.05, 4.69) is 10.3 Å². The lowest BCUT2D eigenvalue weighted by Crippen LogP contribution is -2.42. The van der Waals surface area contributed by atoms with E-state index >= 15 is 0 Å². The van der Waals surface area contributed by atoms with Crippen molar-refractivity contribution in [2.24, 2.45) is 29.6 Å². The van der Waals surface area contributed by atoms with Crippen LogP contribution >= 0.6 is 23.1 Å². The molecule has 2 aliphatic carbocycles. The van der Waals surface area contributed by atoms with Gasteiger partial charge in [-0.05, 0) is 66.1 Å². The topological polar surface area (TPSA) is 109 Å². The quantitative estimate of drug-likeness (QED) is 0.237. The third-order valence-corrected chi connectivity index (χ3v) is 12.4. The zero-order valence-electron chi connectivity index (χ0n) is 24.4. The van der Waals surface area contributed by atoms with E-state index in [1.54, 1.807) is 18.2 Å². The molecule has 2 aliphatic heterocycles. The molecule has 3 aromatic carbocycles. The molecule has 0 spiro atoms. The monoisotopic (exact) mass is 677 g/mol. The molecule has 3 amide bonds. The van der Waals surface area contributed by atoms with Crippen molar-refractivity contribution in [2.45, 2.75) is 28.8 Å². The van der Waals surface area contributed by atoms with Gasteiger partial charge in [0.05, 0.1) is 28.1 Å². The van der Waals surface area contributed by atoms with Gasteiger partial charge in [0.15, 0.2) is 6.61 Å². The van der Waals surface area contributed by atoms with E-state index < -0.39 is 41.1 Å². The number of para-hydroxylation sites is 2. The van der Waals surface area contributed by atoms with Gasteiger partial charge in [0.2, 0.25) is 11.8 Å². The standard InChI is InChI=1S/C34H26F3N3O5S2/c35-34(36,37)21-11-4-5-12-22(21)40-31(42)26-19-14-20(27(26)32(40)43)28-25(19)24(29-30(46-28)39-33(44)47-29)16-7-6-10-18(13-16)45-15-23(41)38-17-8-2-1-3-9-17/h1-13,19-20,24-28H,14-15H2,(H,38,41)(H,39,44)/t19-,20-,24-,25?,26?,27?,28?/m1/s1. The van der Waals surface area contributed by atoms with Gasteiger partial charge in [0.25, 0.3) is 5.91 Å². The molecule has 13 heteroatoms. The second-order valence-corrected chi connectivity index (χ2v) is 14.5. The van der Waals surface area contributed by atoms with Crippen molar-refractivity contribution >= 4 is 52.2 Å². The van der Waals surface area contributed by atoms with E-state index in [4.69, 9.17) is 4.74 Å². The van der Waals surface area contributed by atoms with Crippen molar-refractivity contribution in [1.29, 1.82) is 0 Å². The number of H-pyrrole nitrogens is 1. The molecule has 4 unspecified atom stereocenters.